The Balaban J connectivity index is 1.77. The van der Waals surface area contributed by atoms with Crippen LogP contribution in [0.3, 0.4) is 0 Å². The smallest absolute Gasteiger partial charge is 0.169 e. The second-order valence-electron chi connectivity index (χ2n) is 6.89. The number of pyridine rings is 1. The third-order valence-corrected chi connectivity index (χ3v) is 4.71. The molecule has 5 nitrogen and oxygen atoms in total. The number of nitriles is 1. The normalized spacial score (nSPS) is 10.4. The molecule has 0 amide bonds. The number of aryl methyl sites for hydroxylation is 1. The van der Waals surface area contributed by atoms with E-state index in [4.69, 9.17) is 10.5 Å². The first-order chi connectivity index (χ1) is 14.5. The second kappa shape index (κ2) is 7.98. The lowest BCUT2D eigenvalue weighted by atomic mass is 9.97. The predicted octanol–water partition coefficient (Wildman–Crippen LogP) is 5.68. The molecule has 0 aliphatic heterocycles. The van der Waals surface area contributed by atoms with E-state index >= 15 is 0 Å². The molecule has 5 heteroatoms. The molecule has 0 atom stereocenters. The molecule has 1 aromatic heterocycles. The highest BCUT2D eigenvalue weighted by molar-refractivity contribution is 5.81. The molecule has 0 radical (unpaired) electrons. The first-order valence-electron chi connectivity index (χ1n) is 9.39. The molecule has 0 spiro atoms. The average Bonchev–Trinajstić information content (AvgIpc) is 2.75. The van der Waals surface area contributed by atoms with Gasteiger partial charge >= 0.3 is 0 Å². The van der Waals surface area contributed by atoms with Crippen molar-refractivity contribution >= 4 is 5.82 Å². The van der Waals surface area contributed by atoms with Gasteiger partial charge in [0.1, 0.15) is 23.2 Å². The van der Waals surface area contributed by atoms with Crippen molar-refractivity contribution in [1.82, 2.24) is 4.98 Å². The van der Waals surface area contributed by atoms with Crippen LogP contribution in [0.5, 0.6) is 17.2 Å². The van der Waals surface area contributed by atoms with Crippen LogP contribution >= 0.6 is 0 Å². The number of aromatic nitrogens is 1. The summed E-state index contributed by atoms with van der Waals surface area (Å²) in [5.41, 5.74) is 10.3. The summed E-state index contributed by atoms with van der Waals surface area (Å²) in [5.74, 6) is 1.06. The Kier molecular flexibility index (Phi) is 5.06. The number of phenolic OH excluding ortho intramolecular Hbond substituents is 1. The molecule has 0 fully saturated rings. The largest absolute Gasteiger partial charge is 0.504 e. The Labute approximate surface area is 174 Å². The van der Waals surface area contributed by atoms with E-state index in [1.165, 1.54) is 0 Å². The van der Waals surface area contributed by atoms with Crippen molar-refractivity contribution in [2.24, 2.45) is 0 Å². The summed E-state index contributed by atoms with van der Waals surface area (Å²) in [4.78, 5) is 4.41. The minimum Gasteiger partial charge on any atom is -0.504 e. The van der Waals surface area contributed by atoms with E-state index in [0.29, 0.717) is 28.3 Å². The summed E-state index contributed by atoms with van der Waals surface area (Å²) in [6, 6.07) is 26.1. The van der Waals surface area contributed by atoms with Crippen molar-refractivity contribution in [3.63, 3.8) is 0 Å². The van der Waals surface area contributed by atoms with Crippen molar-refractivity contribution in [2.45, 2.75) is 6.92 Å². The van der Waals surface area contributed by atoms with E-state index in [-0.39, 0.29) is 17.1 Å². The van der Waals surface area contributed by atoms with E-state index in [1.807, 2.05) is 55.5 Å². The van der Waals surface area contributed by atoms with Gasteiger partial charge in [-0.05, 0) is 48.9 Å². The van der Waals surface area contributed by atoms with Gasteiger partial charge in [-0.3, -0.25) is 0 Å². The molecule has 0 aliphatic carbocycles. The predicted molar refractivity (Wildman–Crippen MR) is 117 cm³/mol. The van der Waals surface area contributed by atoms with Gasteiger partial charge in [0.25, 0.3) is 0 Å². The molecular weight excluding hydrogens is 374 g/mol. The first-order valence-corrected chi connectivity index (χ1v) is 9.39. The fourth-order valence-electron chi connectivity index (χ4n) is 3.25. The SMILES string of the molecule is Cc1cccc(-c2cc(-c3ccc(Oc4ccccc4)c(O)c3)c(C#N)c(N)n2)c1. The summed E-state index contributed by atoms with van der Waals surface area (Å²) in [5, 5.41) is 20.1. The molecule has 4 rings (SSSR count). The number of aromatic hydroxyl groups is 1. The van der Waals surface area contributed by atoms with Crippen molar-refractivity contribution in [3.8, 4) is 45.7 Å². The fraction of sp³-hybridized carbons (Fsp3) is 0.0400. The molecule has 0 unspecified atom stereocenters. The number of para-hydroxylation sites is 1. The number of anilines is 1. The number of benzene rings is 3. The summed E-state index contributed by atoms with van der Waals surface area (Å²) in [6.45, 7) is 2.00. The number of nitrogens with zero attached hydrogens (tertiary/aromatic N) is 2. The number of rotatable bonds is 4. The van der Waals surface area contributed by atoms with Crippen molar-refractivity contribution < 1.29 is 9.84 Å². The molecule has 0 bridgehead atoms. The molecule has 30 heavy (non-hydrogen) atoms. The van der Waals surface area contributed by atoms with E-state index in [1.54, 1.807) is 30.3 Å². The lowest BCUT2D eigenvalue weighted by Crippen LogP contribution is -2.00. The lowest BCUT2D eigenvalue weighted by Gasteiger charge is -2.13. The van der Waals surface area contributed by atoms with Crippen LogP contribution in [-0.2, 0) is 0 Å². The summed E-state index contributed by atoms with van der Waals surface area (Å²) < 4.78 is 5.73. The van der Waals surface area contributed by atoms with Crippen LogP contribution in [-0.4, -0.2) is 10.1 Å². The molecular formula is C25H19N3O2. The molecule has 3 N–H and O–H groups in total. The van der Waals surface area contributed by atoms with Crippen LogP contribution in [0.4, 0.5) is 5.82 Å². The van der Waals surface area contributed by atoms with Gasteiger partial charge in [-0.2, -0.15) is 5.26 Å². The van der Waals surface area contributed by atoms with Crippen LogP contribution in [0.15, 0.2) is 78.9 Å². The summed E-state index contributed by atoms with van der Waals surface area (Å²) in [6.07, 6.45) is 0. The van der Waals surface area contributed by atoms with Crippen LogP contribution in [0.1, 0.15) is 11.1 Å². The third-order valence-electron chi connectivity index (χ3n) is 4.71. The van der Waals surface area contributed by atoms with Crippen LogP contribution < -0.4 is 10.5 Å². The first kappa shape index (κ1) is 19.0. The van der Waals surface area contributed by atoms with E-state index in [2.05, 4.69) is 11.1 Å². The monoisotopic (exact) mass is 393 g/mol. The van der Waals surface area contributed by atoms with Crippen LogP contribution in [0.2, 0.25) is 0 Å². The highest BCUT2D eigenvalue weighted by atomic mass is 16.5. The standard InChI is InChI=1S/C25H19N3O2/c1-16-6-5-7-18(12-16)22-14-20(21(15-26)25(27)28-22)17-10-11-24(23(29)13-17)30-19-8-3-2-4-9-19/h2-14,29H,1H3,(H2,27,28). The number of hydrogen-bond acceptors (Lipinski definition) is 5. The molecule has 0 aliphatic rings. The fourth-order valence-corrected chi connectivity index (χ4v) is 3.25. The summed E-state index contributed by atoms with van der Waals surface area (Å²) >= 11 is 0. The Hall–Kier alpha value is -4.30. The highest BCUT2D eigenvalue weighted by Crippen LogP contribution is 2.37. The molecule has 1 heterocycles. The zero-order chi connectivity index (χ0) is 21.1. The number of phenols is 1. The molecule has 3 aromatic carbocycles. The van der Waals surface area contributed by atoms with Gasteiger partial charge in [-0.1, -0.05) is 48.0 Å². The summed E-state index contributed by atoms with van der Waals surface area (Å²) in [7, 11) is 0. The van der Waals surface area contributed by atoms with Crippen LogP contribution in [0, 0.1) is 18.3 Å². The number of nitrogens with two attached hydrogens (primary N) is 1. The topological polar surface area (TPSA) is 92.2 Å². The van der Waals surface area contributed by atoms with Gasteiger partial charge in [-0.15, -0.1) is 0 Å². The van der Waals surface area contributed by atoms with Gasteiger partial charge in [0.2, 0.25) is 0 Å². The maximum absolute atomic E-state index is 10.5. The van der Waals surface area contributed by atoms with Gasteiger partial charge in [0.15, 0.2) is 11.5 Å². The van der Waals surface area contributed by atoms with E-state index in [0.717, 1.165) is 11.1 Å². The lowest BCUT2D eigenvalue weighted by molar-refractivity contribution is 0.411. The van der Waals surface area contributed by atoms with Gasteiger partial charge in [0.05, 0.1) is 5.69 Å². The molecule has 0 saturated carbocycles. The maximum atomic E-state index is 10.5. The van der Waals surface area contributed by atoms with Gasteiger partial charge < -0.3 is 15.6 Å². The van der Waals surface area contributed by atoms with Crippen LogP contribution in [0.25, 0.3) is 22.4 Å². The second-order valence-corrected chi connectivity index (χ2v) is 6.89. The quantitative estimate of drug-likeness (QED) is 0.466. The molecule has 4 aromatic rings. The third kappa shape index (κ3) is 3.80. The van der Waals surface area contributed by atoms with E-state index < -0.39 is 0 Å². The maximum Gasteiger partial charge on any atom is 0.169 e. The minimum atomic E-state index is -0.0345. The average molecular weight is 393 g/mol. The number of ether oxygens (including phenoxy) is 1. The van der Waals surface area contributed by atoms with Gasteiger partial charge in [0, 0.05) is 11.1 Å². The van der Waals surface area contributed by atoms with Crippen molar-refractivity contribution in [1.29, 1.82) is 5.26 Å². The Morgan fingerprint density at radius 3 is 2.43 bits per heavy atom. The number of nitrogen functional groups attached to an aromatic ring is 1. The zero-order valence-corrected chi connectivity index (χ0v) is 16.3. The van der Waals surface area contributed by atoms with Gasteiger partial charge in [-0.25, -0.2) is 4.98 Å². The Morgan fingerprint density at radius 1 is 0.933 bits per heavy atom. The highest BCUT2D eigenvalue weighted by Gasteiger charge is 2.15. The Morgan fingerprint density at radius 2 is 1.73 bits per heavy atom. The van der Waals surface area contributed by atoms with Crippen molar-refractivity contribution in [2.75, 3.05) is 5.73 Å². The molecule has 0 saturated heterocycles. The van der Waals surface area contributed by atoms with Crippen molar-refractivity contribution in [3.05, 3.63) is 90.0 Å². The molecule has 146 valence electrons. The Bertz CT molecular complexity index is 1260. The zero-order valence-electron chi connectivity index (χ0n) is 16.3. The van der Waals surface area contributed by atoms with E-state index in [9.17, 15) is 10.4 Å². The minimum absolute atomic E-state index is 0.0345. The number of hydrogen-bond donors (Lipinski definition) is 2.